The Labute approximate surface area is 107 Å². The second kappa shape index (κ2) is 9.86. The molecule has 92 valence electrons. The Kier molecular flexibility index (Phi) is 9.65. The Bertz CT molecular complexity index is 260. The van der Waals surface area contributed by atoms with Gasteiger partial charge in [0.1, 0.15) is 0 Å². The summed E-state index contributed by atoms with van der Waals surface area (Å²) in [5.74, 6) is 0. The molecular formula is C12H18Cl2O2. The van der Waals surface area contributed by atoms with Gasteiger partial charge in [-0.05, 0) is 36.0 Å². The number of rotatable bonds is 9. The minimum atomic E-state index is -0.644. The quantitative estimate of drug-likeness (QED) is 0.356. The SMILES string of the molecule is CCCCCCCC/C(=C\C(=O)Cl)C(=O)Cl. The zero-order chi connectivity index (χ0) is 12.4. The number of carbonyl (C=O) groups is 2. The van der Waals surface area contributed by atoms with Gasteiger partial charge in [0.25, 0.3) is 0 Å². The van der Waals surface area contributed by atoms with Crippen LogP contribution >= 0.6 is 23.2 Å². The minimum absolute atomic E-state index is 0.317. The highest BCUT2D eigenvalue weighted by molar-refractivity contribution is 6.70. The maximum atomic E-state index is 10.9. The van der Waals surface area contributed by atoms with E-state index in [0.717, 1.165) is 25.3 Å². The smallest absolute Gasteiger partial charge is 0.248 e. The van der Waals surface area contributed by atoms with Crippen LogP contribution in [0.5, 0.6) is 0 Å². The molecule has 0 aliphatic carbocycles. The molecule has 0 spiro atoms. The van der Waals surface area contributed by atoms with Gasteiger partial charge in [0, 0.05) is 11.6 Å². The van der Waals surface area contributed by atoms with Gasteiger partial charge < -0.3 is 0 Å². The number of hydrogen-bond acceptors (Lipinski definition) is 2. The lowest BCUT2D eigenvalue weighted by Gasteiger charge is -2.02. The van der Waals surface area contributed by atoms with Gasteiger partial charge in [0.15, 0.2) is 0 Å². The average Bonchev–Trinajstić information content (AvgIpc) is 2.20. The van der Waals surface area contributed by atoms with Crippen molar-refractivity contribution in [1.29, 1.82) is 0 Å². The molecule has 0 aliphatic heterocycles. The maximum absolute atomic E-state index is 10.9. The molecule has 0 aromatic heterocycles. The van der Waals surface area contributed by atoms with Crippen molar-refractivity contribution in [2.45, 2.75) is 51.9 Å². The van der Waals surface area contributed by atoms with E-state index >= 15 is 0 Å². The lowest BCUT2D eigenvalue weighted by molar-refractivity contribution is -0.110. The van der Waals surface area contributed by atoms with E-state index in [1.807, 2.05) is 0 Å². The van der Waals surface area contributed by atoms with Crippen molar-refractivity contribution in [3.63, 3.8) is 0 Å². The molecule has 0 amide bonds. The molecule has 0 aliphatic rings. The van der Waals surface area contributed by atoms with Crippen LogP contribution in [-0.2, 0) is 9.59 Å². The van der Waals surface area contributed by atoms with E-state index in [1.54, 1.807) is 0 Å². The van der Waals surface area contributed by atoms with E-state index in [1.165, 1.54) is 19.3 Å². The second-order valence-electron chi connectivity index (χ2n) is 3.77. The van der Waals surface area contributed by atoms with Gasteiger partial charge in [-0.3, -0.25) is 9.59 Å². The van der Waals surface area contributed by atoms with Crippen LogP contribution in [0.2, 0.25) is 0 Å². The monoisotopic (exact) mass is 264 g/mol. The number of unbranched alkanes of at least 4 members (excludes halogenated alkanes) is 5. The molecule has 0 N–H and O–H groups in total. The molecular weight excluding hydrogens is 247 g/mol. The van der Waals surface area contributed by atoms with Crippen LogP contribution in [0.3, 0.4) is 0 Å². The number of halogens is 2. The third kappa shape index (κ3) is 8.93. The molecule has 0 aromatic carbocycles. The zero-order valence-electron chi connectivity index (χ0n) is 9.60. The average molecular weight is 265 g/mol. The highest BCUT2D eigenvalue weighted by atomic mass is 35.5. The van der Waals surface area contributed by atoms with Gasteiger partial charge in [0.2, 0.25) is 10.5 Å². The molecule has 0 aromatic rings. The Morgan fingerprint density at radius 2 is 1.56 bits per heavy atom. The summed E-state index contributed by atoms with van der Waals surface area (Å²) < 4.78 is 0. The standard InChI is InChI=1S/C12H18Cl2O2/c1-2-3-4-5-6-7-8-10(12(14)16)9-11(13)15/h9H,2-8H2,1H3/b10-9+. The van der Waals surface area contributed by atoms with E-state index in [-0.39, 0.29) is 0 Å². The van der Waals surface area contributed by atoms with E-state index in [9.17, 15) is 9.59 Å². The lowest BCUT2D eigenvalue weighted by Crippen LogP contribution is -1.96. The molecule has 0 atom stereocenters. The van der Waals surface area contributed by atoms with E-state index in [4.69, 9.17) is 23.2 Å². The molecule has 0 radical (unpaired) electrons. The van der Waals surface area contributed by atoms with Gasteiger partial charge >= 0.3 is 0 Å². The highest BCUT2D eigenvalue weighted by Crippen LogP contribution is 2.14. The molecule has 16 heavy (non-hydrogen) atoms. The topological polar surface area (TPSA) is 34.1 Å². The van der Waals surface area contributed by atoms with Crippen LogP contribution in [0, 0.1) is 0 Å². The fraction of sp³-hybridized carbons (Fsp3) is 0.667. The fourth-order valence-corrected chi connectivity index (χ4v) is 1.74. The van der Waals surface area contributed by atoms with Crippen LogP contribution in [-0.4, -0.2) is 10.5 Å². The summed E-state index contributed by atoms with van der Waals surface area (Å²) in [5, 5.41) is -1.22. The van der Waals surface area contributed by atoms with Crippen molar-refractivity contribution in [3.05, 3.63) is 11.6 Å². The number of hydrogen-bond donors (Lipinski definition) is 0. The summed E-state index contributed by atoms with van der Waals surface area (Å²) >= 11 is 10.5. The summed E-state index contributed by atoms with van der Waals surface area (Å²) in [6, 6.07) is 0. The molecule has 0 bridgehead atoms. The predicted molar refractivity (Wildman–Crippen MR) is 67.8 cm³/mol. The summed E-state index contributed by atoms with van der Waals surface area (Å²) in [4.78, 5) is 21.5. The number of carbonyl (C=O) groups excluding carboxylic acids is 2. The van der Waals surface area contributed by atoms with E-state index in [0.29, 0.717) is 12.0 Å². The van der Waals surface area contributed by atoms with Gasteiger partial charge in [0.05, 0.1) is 0 Å². The maximum Gasteiger partial charge on any atom is 0.248 e. The Hall–Kier alpha value is -0.340. The number of allylic oxidation sites excluding steroid dienone is 2. The molecule has 0 saturated heterocycles. The third-order valence-electron chi connectivity index (χ3n) is 2.34. The Morgan fingerprint density at radius 1 is 1.00 bits per heavy atom. The summed E-state index contributed by atoms with van der Waals surface area (Å²) in [6.07, 6.45) is 8.42. The molecule has 0 unspecified atom stereocenters. The normalized spacial score (nSPS) is 11.6. The first kappa shape index (κ1) is 15.7. The summed E-state index contributed by atoms with van der Waals surface area (Å²) in [6.45, 7) is 2.17. The van der Waals surface area contributed by atoms with Crippen molar-refractivity contribution in [1.82, 2.24) is 0 Å². The Morgan fingerprint density at radius 3 is 2.06 bits per heavy atom. The van der Waals surface area contributed by atoms with Crippen LogP contribution in [0.4, 0.5) is 0 Å². The van der Waals surface area contributed by atoms with Crippen LogP contribution in [0.15, 0.2) is 11.6 Å². The van der Waals surface area contributed by atoms with Crippen LogP contribution in [0.25, 0.3) is 0 Å². The molecule has 0 fully saturated rings. The lowest BCUT2D eigenvalue weighted by atomic mass is 10.1. The molecule has 0 heterocycles. The van der Waals surface area contributed by atoms with Crippen LogP contribution in [0.1, 0.15) is 51.9 Å². The van der Waals surface area contributed by atoms with Gasteiger partial charge in [-0.2, -0.15) is 0 Å². The van der Waals surface area contributed by atoms with Crippen molar-refractivity contribution in [3.8, 4) is 0 Å². The van der Waals surface area contributed by atoms with Crippen LogP contribution < -0.4 is 0 Å². The molecule has 4 heteroatoms. The minimum Gasteiger partial charge on any atom is -0.276 e. The van der Waals surface area contributed by atoms with Crippen molar-refractivity contribution in [2.24, 2.45) is 0 Å². The van der Waals surface area contributed by atoms with E-state index < -0.39 is 10.5 Å². The predicted octanol–water partition coefficient (Wildman–Crippen LogP) is 4.19. The fourth-order valence-electron chi connectivity index (χ4n) is 1.46. The Balaban J connectivity index is 3.78. The molecule has 2 nitrogen and oxygen atoms in total. The van der Waals surface area contributed by atoms with Gasteiger partial charge in [-0.25, -0.2) is 0 Å². The molecule has 0 saturated carbocycles. The first-order valence-corrected chi connectivity index (χ1v) is 6.43. The summed E-state index contributed by atoms with van der Waals surface area (Å²) in [7, 11) is 0. The first-order valence-electron chi connectivity index (χ1n) is 5.67. The van der Waals surface area contributed by atoms with Crippen molar-refractivity contribution < 1.29 is 9.59 Å². The van der Waals surface area contributed by atoms with Gasteiger partial charge in [-0.1, -0.05) is 39.0 Å². The molecule has 0 rings (SSSR count). The van der Waals surface area contributed by atoms with Gasteiger partial charge in [-0.15, -0.1) is 0 Å². The third-order valence-corrected chi connectivity index (χ3v) is 2.69. The first-order chi connectivity index (χ1) is 7.57. The van der Waals surface area contributed by atoms with Crippen molar-refractivity contribution >= 4 is 33.7 Å². The zero-order valence-corrected chi connectivity index (χ0v) is 11.1. The van der Waals surface area contributed by atoms with Crippen molar-refractivity contribution in [2.75, 3.05) is 0 Å². The van der Waals surface area contributed by atoms with E-state index in [2.05, 4.69) is 6.92 Å². The highest BCUT2D eigenvalue weighted by Gasteiger charge is 2.07. The largest absolute Gasteiger partial charge is 0.276 e. The second-order valence-corrected chi connectivity index (χ2v) is 4.48. The summed E-state index contributed by atoms with van der Waals surface area (Å²) in [5.41, 5.74) is 0.317.